The molecule has 1 aromatic heterocycles. The maximum Gasteiger partial charge on any atom is 0.260 e. The highest BCUT2D eigenvalue weighted by molar-refractivity contribution is 9.10. The van der Waals surface area contributed by atoms with Crippen molar-refractivity contribution in [2.24, 2.45) is 0 Å². The van der Waals surface area contributed by atoms with Crippen LogP contribution in [-0.4, -0.2) is 10.1 Å². The molecule has 0 radical (unpaired) electrons. The van der Waals surface area contributed by atoms with E-state index in [-0.39, 0.29) is 0 Å². The zero-order chi connectivity index (χ0) is 14.8. The molecular weight excluding hydrogens is 330 g/mol. The molecule has 106 valence electrons. The number of nitrogen functional groups attached to an aromatic ring is 1. The third-order valence-electron chi connectivity index (χ3n) is 3.29. The van der Waals surface area contributed by atoms with Gasteiger partial charge in [-0.3, -0.25) is 0 Å². The van der Waals surface area contributed by atoms with Crippen molar-refractivity contribution in [1.82, 2.24) is 10.1 Å². The number of halogens is 1. The van der Waals surface area contributed by atoms with E-state index in [0.29, 0.717) is 23.8 Å². The highest BCUT2D eigenvalue weighted by Crippen LogP contribution is 2.28. The van der Waals surface area contributed by atoms with E-state index in [9.17, 15) is 0 Å². The lowest BCUT2D eigenvalue weighted by Gasteiger charge is -2.03. The minimum absolute atomic E-state index is 0.465. The van der Waals surface area contributed by atoms with Crippen LogP contribution in [0.2, 0.25) is 0 Å². The molecule has 2 aromatic carbocycles. The fraction of sp³-hybridized carbons (Fsp3) is 0.125. The molecule has 0 spiro atoms. The van der Waals surface area contributed by atoms with Gasteiger partial charge in [0, 0.05) is 16.6 Å². The van der Waals surface area contributed by atoms with E-state index >= 15 is 0 Å². The first-order chi connectivity index (χ1) is 10.1. The van der Waals surface area contributed by atoms with Crippen molar-refractivity contribution in [1.29, 1.82) is 0 Å². The predicted octanol–water partition coefficient (Wildman–Crippen LogP) is 3.98. The van der Waals surface area contributed by atoms with Gasteiger partial charge in [-0.15, -0.1) is 0 Å². The predicted molar refractivity (Wildman–Crippen MR) is 85.8 cm³/mol. The summed E-state index contributed by atoms with van der Waals surface area (Å²) in [5.41, 5.74) is 9.59. The molecule has 1 heterocycles. The molecule has 0 bridgehead atoms. The van der Waals surface area contributed by atoms with Crippen molar-refractivity contribution in [3.8, 4) is 11.5 Å². The van der Waals surface area contributed by atoms with Crippen molar-refractivity contribution in [3.63, 3.8) is 0 Å². The molecule has 0 atom stereocenters. The van der Waals surface area contributed by atoms with Gasteiger partial charge in [-0.25, -0.2) is 0 Å². The van der Waals surface area contributed by atoms with Gasteiger partial charge in [0.15, 0.2) is 5.82 Å². The third-order valence-corrected chi connectivity index (χ3v) is 4.07. The first kappa shape index (κ1) is 13.8. The van der Waals surface area contributed by atoms with E-state index in [4.69, 9.17) is 10.3 Å². The van der Waals surface area contributed by atoms with E-state index < -0.39 is 0 Å². The van der Waals surface area contributed by atoms with Gasteiger partial charge in [0.25, 0.3) is 5.89 Å². The van der Waals surface area contributed by atoms with Crippen LogP contribution in [0.15, 0.2) is 51.5 Å². The molecule has 4 nitrogen and oxygen atoms in total. The Morgan fingerprint density at radius 3 is 2.71 bits per heavy atom. The summed E-state index contributed by atoms with van der Waals surface area (Å²) in [5.74, 6) is 1.10. The zero-order valence-corrected chi connectivity index (χ0v) is 13.1. The maximum absolute atomic E-state index is 6.00. The summed E-state index contributed by atoms with van der Waals surface area (Å²) in [6, 6.07) is 13.7. The van der Waals surface area contributed by atoms with Crippen molar-refractivity contribution >= 4 is 21.6 Å². The Morgan fingerprint density at radius 1 is 1.14 bits per heavy atom. The molecule has 5 heteroatoms. The lowest BCUT2D eigenvalue weighted by atomic mass is 10.1. The number of hydrogen-bond donors (Lipinski definition) is 1. The van der Waals surface area contributed by atoms with E-state index in [1.165, 1.54) is 0 Å². The van der Waals surface area contributed by atoms with E-state index in [0.717, 1.165) is 21.2 Å². The molecule has 0 unspecified atom stereocenters. The van der Waals surface area contributed by atoms with Crippen LogP contribution in [0.4, 0.5) is 5.69 Å². The van der Waals surface area contributed by atoms with Gasteiger partial charge in [0.05, 0.1) is 5.56 Å². The quantitative estimate of drug-likeness (QED) is 0.730. The van der Waals surface area contributed by atoms with Crippen LogP contribution in [0.5, 0.6) is 0 Å². The molecule has 0 saturated carbocycles. The molecule has 0 aliphatic rings. The van der Waals surface area contributed by atoms with Gasteiger partial charge in [-0.2, -0.15) is 4.98 Å². The number of rotatable bonds is 3. The summed E-state index contributed by atoms with van der Waals surface area (Å²) in [5, 5.41) is 4.05. The highest BCUT2D eigenvalue weighted by Gasteiger charge is 2.14. The second kappa shape index (κ2) is 5.69. The molecule has 0 aliphatic heterocycles. The number of hydrogen-bond acceptors (Lipinski definition) is 4. The molecule has 3 rings (SSSR count). The lowest BCUT2D eigenvalue weighted by molar-refractivity contribution is 0.424. The van der Waals surface area contributed by atoms with Gasteiger partial charge in [-0.05, 0) is 30.2 Å². The van der Waals surface area contributed by atoms with Crippen LogP contribution in [0, 0.1) is 6.92 Å². The Bertz CT molecular complexity index is 762. The van der Waals surface area contributed by atoms with Crippen molar-refractivity contribution in [3.05, 3.63) is 63.9 Å². The van der Waals surface area contributed by atoms with Crippen LogP contribution in [0.3, 0.4) is 0 Å². The second-order valence-corrected chi connectivity index (χ2v) is 5.68. The molecule has 3 aromatic rings. The van der Waals surface area contributed by atoms with Crippen LogP contribution in [-0.2, 0) is 6.42 Å². The number of aromatic nitrogens is 2. The van der Waals surface area contributed by atoms with E-state index in [2.05, 4.69) is 26.1 Å². The number of benzene rings is 2. The zero-order valence-electron chi connectivity index (χ0n) is 11.5. The molecule has 2 N–H and O–H groups in total. The van der Waals surface area contributed by atoms with Crippen molar-refractivity contribution in [2.75, 3.05) is 5.73 Å². The Labute approximate surface area is 131 Å². The van der Waals surface area contributed by atoms with Crippen LogP contribution >= 0.6 is 15.9 Å². The van der Waals surface area contributed by atoms with E-state index in [1.54, 1.807) is 0 Å². The third kappa shape index (κ3) is 2.83. The minimum atomic E-state index is 0.465. The summed E-state index contributed by atoms with van der Waals surface area (Å²) in [7, 11) is 0. The van der Waals surface area contributed by atoms with Gasteiger partial charge < -0.3 is 10.3 Å². The maximum atomic E-state index is 6.00. The topological polar surface area (TPSA) is 64.9 Å². The Hall–Kier alpha value is -2.14. The average molecular weight is 344 g/mol. The lowest BCUT2D eigenvalue weighted by Crippen LogP contribution is -1.94. The molecule has 0 fully saturated rings. The van der Waals surface area contributed by atoms with Crippen LogP contribution in [0.1, 0.15) is 17.0 Å². The molecule has 21 heavy (non-hydrogen) atoms. The van der Waals surface area contributed by atoms with E-state index in [1.807, 2.05) is 49.4 Å². The standard InChI is InChI=1S/C16H14BrN3O/c1-10-5-4-8-13(18)15(10)16-19-14(20-21-16)9-11-6-2-3-7-12(11)17/h2-8H,9,18H2,1H3. The second-order valence-electron chi connectivity index (χ2n) is 4.82. The summed E-state index contributed by atoms with van der Waals surface area (Å²) >= 11 is 3.52. The fourth-order valence-electron chi connectivity index (χ4n) is 2.22. The SMILES string of the molecule is Cc1cccc(N)c1-c1nc(Cc2ccccc2Br)no1. The van der Waals surface area contributed by atoms with Crippen LogP contribution in [0.25, 0.3) is 11.5 Å². The number of nitrogens with two attached hydrogens (primary N) is 1. The molecule has 0 saturated heterocycles. The van der Waals surface area contributed by atoms with Crippen LogP contribution < -0.4 is 5.73 Å². The largest absolute Gasteiger partial charge is 0.398 e. The molecular formula is C16H14BrN3O. The summed E-state index contributed by atoms with van der Waals surface area (Å²) in [4.78, 5) is 4.46. The van der Waals surface area contributed by atoms with Gasteiger partial charge in [0.1, 0.15) is 0 Å². The van der Waals surface area contributed by atoms with Crippen molar-refractivity contribution in [2.45, 2.75) is 13.3 Å². The first-order valence-corrected chi connectivity index (χ1v) is 7.36. The summed E-state index contributed by atoms with van der Waals surface area (Å²) < 4.78 is 6.40. The number of aryl methyl sites for hydroxylation is 1. The minimum Gasteiger partial charge on any atom is -0.398 e. The smallest absolute Gasteiger partial charge is 0.260 e. The normalized spacial score (nSPS) is 10.8. The first-order valence-electron chi connectivity index (χ1n) is 6.56. The number of anilines is 1. The van der Waals surface area contributed by atoms with Gasteiger partial charge in [0.2, 0.25) is 0 Å². The van der Waals surface area contributed by atoms with Crippen molar-refractivity contribution < 1.29 is 4.52 Å². The Balaban J connectivity index is 1.92. The van der Waals surface area contributed by atoms with Gasteiger partial charge in [-0.1, -0.05) is 51.4 Å². The molecule has 0 amide bonds. The number of nitrogens with zero attached hydrogens (tertiary/aromatic N) is 2. The summed E-state index contributed by atoms with van der Waals surface area (Å²) in [6.07, 6.45) is 0.608. The average Bonchev–Trinajstić information content (AvgIpc) is 2.89. The Morgan fingerprint density at radius 2 is 1.95 bits per heavy atom. The van der Waals surface area contributed by atoms with Gasteiger partial charge >= 0.3 is 0 Å². The fourth-order valence-corrected chi connectivity index (χ4v) is 2.65. The summed E-state index contributed by atoms with van der Waals surface area (Å²) in [6.45, 7) is 1.98. The monoisotopic (exact) mass is 343 g/mol. The Kier molecular flexibility index (Phi) is 3.75. The highest BCUT2D eigenvalue weighted by atomic mass is 79.9. The molecule has 0 aliphatic carbocycles.